The number of benzene rings is 6. The number of alkyl halides is 4. The molecule has 20 heteroatoms. The van der Waals surface area contributed by atoms with Gasteiger partial charge >= 0.3 is 19.3 Å². The van der Waals surface area contributed by atoms with Crippen LogP contribution in [0.5, 0.6) is 11.5 Å². The summed E-state index contributed by atoms with van der Waals surface area (Å²) in [6, 6.07) is 21.1. The van der Waals surface area contributed by atoms with Crippen LogP contribution >= 0.6 is 11.6 Å². The van der Waals surface area contributed by atoms with E-state index in [2.05, 4.69) is 16.4 Å². The molecule has 4 nitrogen and oxygen atoms in total. The molecule has 6 aromatic rings. The Bertz CT molecular complexity index is 2630. The fourth-order valence-corrected chi connectivity index (χ4v) is 5.94. The lowest BCUT2D eigenvalue weighted by Crippen LogP contribution is -2.30. The lowest BCUT2D eigenvalue weighted by atomic mass is 9.80. The first-order valence-corrected chi connectivity index (χ1v) is 20.3. The van der Waals surface area contributed by atoms with Gasteiger partial charge in [0.25, 0.3) is 0 Å². The lowest BCUT2D eigenvalue weighted by Gasteiger charge is -2.18. The first-order chi connectivity index (χ1) is 32.0. The van der Waals surface area contributed by atoms with Crippen LogP contribution in [0.4, 0.5) is 61.5 Å². The Morgan fingerprint density at radius 2 is 0.779 bits per heavy atom. The Morgan fingerprint density at radius 1 is 0.485 bits per heavy atom. The van der Waals surface area contributed by atoms with Crippen molar-refractivity contribution in [2.75, 3.05) is 0 Å². The molecule has 6 aromatic carbocycles. The summed E-state index contributed by atoms with van der Waals surface area (Å²) in [7, 11) is -1.83. The molecule has 0 aromatic heterocycles. The van der Waals surface area contributed by atoms with Gasteiger partial charge < -0.3 is 19.5 Å². The van der Waals surface area contributed by atoms with Gasteiger partial charge in [-0.25, -0.2) is 39.5 Å². The van der Waals surface area contributed by atoms with E-state index in [0.29, 0.717) is 0 Å². The predicted molar refractivity (Wildman–Crippen MR) is 229 cm³/mol. The first kappa shape index (κ1) is 54.3. The fraction of sp³-hybridized carbons (Fsp3) is 0.167. The van der Waals surface area contributed by atoms with E-state index in [1.54, 1.807) is 24.3 Å². The average Bonchev–Trinajstić information content (AvgIpc) is 3.30. The zero-order chi connectivity index (χ0) is 50.5. The molecule has 0 atom stereocenters. The van der Waals surface area contributed by atoms with Gasteiger partial charge in [-0.15, -0.1) is 0 Å². The van der Waals surface area contributed by atoms with E-state index in [-0.39, 0.29) is 46.4 Å². The summed E-state index contributed by atoms with van der Waals surface area (Å²) < 4.78 is 197. The van der Waals surface area contributed by atoms with E-state index >= 15 is 0 Å². The summed E-state index contributed by atoms with van der Waals surface area (Å²) in [5, 5.41) is 16.4. The van der Waals surface area contributed by atoms with Crippen molar-refractivity contribution in [3.63, 3.8) is 0 Å². The van der Waals surface area contributed by atoms with Gasteiger partial charge in [0.2, 0.25) is 5.29 Å². The predicted octanol–water partition coefficient (Wildman–Crippen LogP) is 14.3. The second-order valence-corrected chi connectivity index (χ2v) is 14.6. The lowest BCUT2D eigenvalue weighted by molar-refractivity contribution is -0.186. The zero-order valence-electron chi connectivity index (χ0n) is 35.3. The van der Waals surface area contributed by atoms with Crippen molar-refractivity contribution in [1.29, 1.82) is 0 Å². The smallest absolute Gasteiger partial charge is 0.429 e. The van der Waals surface area contributed by atoms with Crippen molar-refractivity contribution < 1.29 is 81.0 Å². The van der Waals surface area contributed by atoms with Gasteiger partial charge in [-0.1, -0.05) is 99.5 Å². The Morgan fingerprint density at radius 3 is 1.07 bits per heavy atom. The highest BCUT2D eigenvalue weighted by Crippen LogP contribution is 2.36. The minimum atomic E-state index is -4.08. The van der Waals surface area contributed by atoms with Crippen molar-refractivity contribution in [3.05, 3.63) is 200 Å². The topological polar surface area (TPSA) is 58.9 Å². The van der Waals surface area contributed by atoms with Crippen LogP contribution in [0.2, 0.25) is 0 Å². The summed E-state index contributed by atoms with van der Waals surface area (Å²) in [6.07, 6.45) is -4.38. The van der Waals surface area contributed by atoms with Gasteiger partial charge in [0.15, 0.2) is 52.4 Å². The molecule has 0 amide bonds. The molecule has 2 N–H and O–H groups in total. The Balaban J connectivity index is 0.000000242. The van der Waals surface area contributed by atoms with Crippen molar-refractivity contribution in [2.45, 2.75) is 51.7 Å². The van der Waals surface area contributed by atoms with E-state index in [4.69, 9.17) is 21.6 Å². The quantitative estimate of drug-likeness (QED) is 0.0494. The number of ether oxygens (including phenoxy) is 2. The monoisotopic (exact) mass is 988 g/mol. The van der Waals surface area contributed by atoms with E-state index < -0.39 is 99.6 Å². The molecule has 0 saturated carbocycles. The summed E-state index contributed by atoms with van der Waals surface area (Å²) in [5.41, 5.74) is 0.455. The first-order valence-electron chi connectivity index (χ1n) is 19.9. The van der Waals surface area contributed by atoms with E-state index in [1.165, 1.54) is 24.3 Å². The van der Waals surface area contributed by atoms with Gasteiger partial charge in [0.1, 0.15) is 11.5 Å². The van der Waals surface area contributed by atoms with Gasteiger partial charge in [-0.3, -0.25) is 0 Å². The molecule has 0 fully saturated rings. The van der Waals surface area contributed by atoms with Gasteiger partial charge in [0.05, 0.1) is 11.1 Å². The Labute approximate surface area is 385 Å². The van der Waals surface area contributed by atoms with Crippen molar-refractivity contribution in [2.24, 2.45) is 0 Å². The van der Waals surface area contributed by atoms with Gasteiger partial charge in [-0.2, -0.15) is 22.0 Å². The molecular formula is C48H36BClF14O4. The van der Waals surface area contributed by atoms with Crippen molar-refractivity contribution in [1.82, 2.24) is 0 Å². The normalized spacial score (nSPS) is 12.2. The molecule has 0 bridgehead atoms. The molecule has 0 heterocycles. The highest BCUT2D eigenvalue weighted by molar-refractivity contribution is 6.58. The molecular weight excluding hydrogens is 953 g/mol. The minimum absolute atomic E-state index is 0.000422. The second kappa shape index (κ2) is 24.1. The molecule has 6 rings (SSSR count). The maximum Gasteiger partial charge on any atom is 0.488 e. The zero-order valence-corrected chi connectivity index (χ0v) is 36.1. The SMILES string of the molecule is CCCc1ccc(/C(F)=C(\F)Cl)cc1.CCCc1ccc(/C(F)=C(\F)c2ccc(C(F)(F)Oc3cc(F)c(F)c(F)c3)cc2)cc1.OB(O)c1ccc(C(F)(F)Oc2cc(F)c(F)c(F)c2)cc1. The van der Waals surface area contributed by atoms with Crippen LogP contribution < -0.4 is 14.9 Å². The number of aryl methyl sites for hydroxylation is 2. The van der Waals surface area contributed by atoms with Crippen LogP contribution in [0.3, 0.4) is 0 Å². The molecule has 0 aliphatic carbocycles. The number of hydrogen-bond donors (Lipinski definition) is 2. The highest BCUT2D eigenvalue weighted by Gasteiger charge is 2.36. The van der Waals surface area contributed by atoms with Crippen LogP contribution in [0.15, 0.2) is 127 Å². The summed E-state index contributed by atoms with van der Waals surface area (Å²) in [5.74, 6) is -15.6. The van der Waals surface area contributed by atoms with Crippen molar-refractivity contribution in [3.8, 4) is 11.5 Å². The molecule has 0 radical (unpaired) electrons. The van der Waals surface area contributed by atoms with Crippen LogP contribution in [0.25, 0.3) is 17.5 Å². The number of rotatable bonds is 14. The van der Waals surface area contributed by atoms with E-state index in [0.717, 1.165) is 85.3 Å². The molecule has 0 aliphatic heterocycles. The highest BCUT2D eigenvalue weighted by atomic mass is 35.5. The maximum atomic E-state index is 14.5. The van der Waals surface area contributed by atoms with Gasteiger partial charge in [-0.05, 0) is 65.3 Å². The third-order valence-electron chi connectivity index (χ3n) is 9.28. The molecule has 0 aliphatic rings. The van der Waals surface area contributed by atoms with Crippen LogP contribution in [0, 0.1) is 34.9 Å². The standard InChI is InChI=1S/C24H17F7O.C13H8BF5O3.C11H11ClF2/c1-2-3-14-4-6-15(7-5-14)21(27)22(28)16-8-10-17(11-9-16)24(30,31)32-18-12-19(25)23(29)20(26)13-18;15-10-5-9(6-11(16)12(10)17)22-13(18,19)7-1-3-8(4-2-7)14(20)21;1-2-3-8-4-6-9(7-5-8)10(13)11(12)14/h4-13H,2-3H2,1H3;1-6,20-21H;4-7H,2-3H2,1H3/b22-21+;;11-10+. The second-order valence-electron chi connectivity index (χ2n) is 14.3. The maximum absolute atomic E-state index is 14.5. The molecule has 360 valence electrons. The summed E-state index contributed by atoms with van der Waals surface area (Å²) >= 11 is 4.90. The van der Waals surface area contributed by atoms with E-state index in [9.17, 15) is 61.5 Å². The Kier molecular flexibility index (Phi) is 19.3. The number of hydrogen-bond acceptors (Lipinski definition) is 4. The minimum Gasteiger partial charge on any atom is -0.429 e. The fourth-order valence-electron chi connectivity index (χ4n) is 5.83. The largest absolute Gasteiger partial charge is 0.488 e. The Hall–Kier alpha value is -6.31. The van der Waals surface area contributed by atoms with Crippen LogP contribution in [0.1, 0.15) is 65.6 Å². The summed E-state index contributed by atoms with van der Waals surface area (Å²) in [6.45, 7) is 4.05. The van der Waals surface area contributed by atoms with Crippen LogP contribution in [-0.4, -0.2) is 17.2 Å². The third kappa shape index (κ3) is 14.8. The van der Waals surface area contributed by atoms with Crippen molar-refractivity contribution >= 4 is 41.7 Å². The average molecular weight is 989 g/mol. The molecule has 0 unspecified atom stereocenters. The van der Waals surface area contributed by atoms with Gasteiger partial charge in [0, 0.05) is 41.0 Å². The molecule has 68 heavy (non-hydrogen) atoms. The summed E-state index contributed by atoms with van der Waals surface area (Å²) in [4.78, 5) is 0. The number of halogens is 15. The molecule has 0 spiro atoms. The third-order valence-corrected chi connectivity index (χ3v) is 9.44. The molecule has 0 saturated heterocycles. The van der Waals surface area contributed by atoms with E-state index in [1.807, 2.05) is 6.92 Å². The van der Waals surface area contributed by atoms with Crippen LogP contribution in [-0.2, 0) is 25.1 Å².